The van der Waals surface area contributed by atoms with Gasteiger partial charge in [0.05, 0.1) is 5.92 Å². The van der Waals surface area contributed by atoms with Crippen molar-refractivity contribution in [2.75, 3.05) is 25.0 Å². The van der Waals surface area contributed by atoms with Crippen LogP contribution >= 0.6 is 0 Å². The number of nitrogens with zero attached hydrogens (tertiary/aromatic N) is 1. The maximum absolute atomic E-state index is 13.4. The molecule has 0 saturated carbocycles. The maximum Gasteiger partial charge on any atom is 0.312 e. The number of primary amides is 1. The van der Waals surface area contributed by atoms with Gasteiger partial charge in [0.2, 0.25) is 11.8 Å². The number of amides is 6. The predicted molar refractivity (Wildman–Crippen MR) is 171 cm³/mol. The summed E-state index contributed by atoms with van der Waals surface area (Å²) in [5.74, 6) is -4.25. The van der Waals surface area contributed by atoms with Crippen molar-refractivity contribution in [3.05, 3.63) is 42.0 Å². The fourth-order valence-electron chi connectivity index (χ4n) is 4.45. The fraction of sp³-hybridized carbons (Fsp3) is 0.533. The summed E-state index contributed by atoms with van der Waals surface area (Å²) in [5.41, 5.74) is 6.62. The van der Waals surface area contributed by atoms with E-state index >= 15 is 0 Å². The molecule has 7 N–H and O–H groups in total. The molecule has 1 heterocycles. The van der Waals surface area contributed by atoms with Gasteiger partial charge in [-0.15, -0.1) is 0 Å². The Bertz CT molecular complexity index is 1410. The number of hydrogen-bond donors (Lipinski definition) is 6. The summed E-state index contributed by atoms with van der Waals surface area (Å²) in [6, 6.07) is 4.66. The lowest BCUT2D eigenvalue weighted by molar-refractivity contribution is -0.148. The molecule has 3 atom stereocenters. The van der Waals surface area contributed by atoms with Gasteiger partial charge in [0.15, 0.2) is 5.25 Å². The zero-order valence-electron chi connectivity index (χ0n) is 26.9. The molecule has 0 spiro atoms. The quantitative estimate of drug-likeness (QED) is 0.0507. The lowest BCUT2D eigenvalue weighted by Gasteiger charge is -2.27. The highest BCUT2D eigenvalue weighted by Crippen LogP contribution is 2.14. The van der Waals surface area contributed by atoms with Crippen LogP contribution in [0, 0.1) is 11.8 Å². The average Bonchev–Trinajstić information content (AvgIpc) is 3.31. The molecule has 2 rings (SSSR count). The van der Waals surface area contributed by atoms with Crippen LogP contribution in [0.5, 0.6) is 0 Å². The second-order valence-electron chi connectivity index (χ2n) is 11.7. The van der Waals surface area contributed by atoms with Crippen LogP contribution in [0.15, 0.2) is 36.4 Å². The molecule has 17 heteroatoms. The Kier molecular flexibility index (Phi) is 14.8. The standard InChI is InChI=1S/C30H44N6O10S/c1-18(2)26(35-27(39)23(47(43,44)45)13-15-36-24(37)11-12-25(36)38)28(40)34-22(6-5-14-32-30(31)42)16-33-21-9-7-20(8-10-21)17-46-29(41)19(3)4/h7-12,18-19,22-23,26,33H,5-6,13-17H2,1-4H3,(H,34,40)(H,35,39)(H3,31,32,42)(H,43,44,45)/t22-,23-,26-/m0/s1. The molecule has 0 saturated heterocycles. The summed E-state index contributed by atoms with van der Waals surface area (Å²) in [5, 5.41) is 8.87. The SMILES string of the molecule is CC(C)C(=O)OCc1ccc(NC[C@H](CCCNC(N)=O)NC(=O)[C@@H](NC(=O)[C@H](CCN2C(=O)C=CC2=O)S(=O)(=O)O)C(C)C)cc1. The van der Waals surface area contributed by atoms with Gasteiger partial charge in [0.1, 0.15) is 12.6 Å². The zero-order valence-corrected chi connectivity index (χ0v) is 27.7. The first kappa shape index (κ1) is 38.7. The lowest BCUT2D eigenvalue weighted by atomic mass is 10.0. The van der Waals surface area contributed by atoms with Gasteiger partial charge in [-0.2, -0.15) is 8.42 Å². The third-order valence-corrected chi connectivity index (χ3v) is 8.32. The van der Waals surface area contributed by atoms with Gasteiger partial charge in [-0.05, 0) is 42.9 Å². The Morgan fingerprint density at radius 1 is 0.936 bits per heavy atom. The van der Waals surface area contributed by atoms with E-state index in [1.54, 1.807) is 52.0 Å². The Balaban J connectivity index is 2.10. The van der Waals surface area contributed by atoms with E-state index in [2.05, 4.69) is 21.3 Å². The van der Waals surface area contributed by atoms with E-state index in [1.165, 1.54) is 0 Å². The Morgan fingerprint density at radius 3 is 2.09 bits per heavy atom. The molecule has 0 aromatic heterocycles. The van der Waals surface area contributed by atoms with E-state index in [9.17, 15) is 41.7 Å². The van der Waals surface area contributed by atoms with Crippen molar-refractivity contribution in [1.29, 1.82) is 0 Å². The van der Waals surface area contributed by atoms with Gasteiger partial charge in [-0.25, -0.2) is 4.79 Å². The van der Waals surface area contributed by atoms with Gasteiger partial charge in [-0.1, -0.05) is 39.8 Å². The molecule has 16 nitrogen and oxygen atoms in total. The number of rotatable bonds is 19. The van der Waals surface area contributed by atoms with Crippen molar-refractivity contribution in [3.8, 4) is 0 Å². The fourth-order valence-corrected chi connectivity index (χ4v) is 5.19. The van der Waals surface area contributed by atoms with E-state index < -0.39 is 76.0 Å². The Morgan fingerprint density at radius 2 is 1.55 bits per heavy atom. The van der Waals surface area contributed by atoms with Crippen molar-refractivity contribution in [2.24, 2.45) is 17.6 Å². The van der Waals surface area contributed by atoms with Crippen LogP contribution in [-0.4, -0.2) is 90.5 Å². The Hall–Kier alpha value is -4.51. The van der Waals surface area contributed by atoms with Gasteiger partial charge in [-0.3, -0.25) is 33.4 Å². The molecule has 1 aromatic rings. The van der Waals surface area contributed by atoms with Crippen molar-refractivity contribution < 1.29 is 46.5 Å². The molecule has 0 bridgehead atoms. The number of carbonyl (C=O) groups excluding carboxylic acids is 6. The van der Waals surface area contributed by atoms with Crippen LogP contribution < -0.4 is 27.0 Å². The van der Waals surface area contributed by atoms with E-state index in [4.69, 9.17) is 10.5 Å². The highest BCUT2D eigenvalue weighted by Gasteiger charge is 2.36. The van der Waals surface area contributed by atoms with E-state index in [0.717, 1.165) is 22.6 Å². The van der Waals surface area contributed by atoms with Crippen LogP contribution in [-0.2, 0) is 45.4 Å². The Labute approximate surface area is 274 Å². The second kappa shape index (κ2) is 18.0. The molecule has 1 aliphatic heterocycles. The molecule has 260 valence electrons. The van der Waals surface area contributed by atoms with Crippen molar-refractivity contribution in [3.63, 3.8) is 0 Å². The van der Waals surface area contributed by atoms with Gasteiger partial charge < -0.3 is 31.7 Å². The summed E-state index contributed by atoms with van der Waals surface area (Å²) < 4.78 is 39.2. The molecular weight excluding hydrogens is 636 g/mol. The number of nitrogens with one attached hydrogen (secondary N) is 4. The third-order valence-electron chi connectivity index (χ3n) is 7.15. The van der Waals surface area contributed by atoms with E-state index in [1.807, 2.05) is 0 Å². The summed E-state index contributed by atoms with van der Waals surface area (Å²) in [4.78, 5) is 73.7. The van der Waals surface area contributed by atoms with Crippen LogP contribution in [0.1, 0.15) is 52.5 Å². The number of carbonyl (C=O) groups is 6. The third kappa shape index (κ3) is 13.0. The summed E-state index contributed by atoms with van der Waals surface area (Å²) in [7, 11) is -4.98. The number of esters is 1. The molecule has 0 radical (unpaired) electrons. The minimum absolute atomic E-state index is 0.120. The number of imide groups is 1. The van der Waals surface area contributed by atoms with Crippen LogP contribution in [0.25, 0.3) is 0 Å². The lowest BCUT2D eigenvalue weighted by Crippen LogP contribution is -2.56. The number of urea groups is 1. The first-order chi connectivity index (χ1) is 22.0. The first-order valence-corrected chi connectivity index (χ1v) is 16.6. The number of anilines is 1. The number of nitrogens with two attached hydrogens (primary N) is 1. The van der Waals surface area contributed by atoms with Crippen LogP contribution in [0.3, 0.4) is 0 Å². The second-order valence-corrected chi connectivity index (χ2v) is 13.3. The predicted octanol–water partition coefficient (Wildman–Crippen LogP) is 0.443. The monoisotopic (exact) mass is 680 g/mol. The topological polar surface area (TPSA) is 243 Å². The molecule has 6 amide bonds. The molecule has 1 aromatic carbocycles. The van der Waals surface area contributed by atoms with E-state index in [0.29, 0.717) is 18.5 Å². The number of benzene rings is 1. The first-order valence-electron chi connectivity index (χ1n) is 15.1. The van der Waals surface area contributed by atoms with Gasteiger partial charge in [0, 0.05) is 43.5 Å². The minimum Gasteiger partial charge on any atom is -0.461 e. The van der Waals surface area contributed by atoms with Crippen molar-refractivity contribution >= 4 is 51.4 Å². The molecular formula is C30H44N6O10S. The van der Waals surface area contributed by atoms with Crippen molar-refractivity contribution in [2.45, 2.75) is 70.9 Å². The largest absolute Gasteiger partial charge is 0.461 e. The molecule has 0 unspecified atom stereocenters. The number of hydrogen-bond acceptors (Lipinski definition) is 10. The molecule has 1 aliphatic rings. The summed E-state index contributed by atoms with van der Waals surface area (Å²) in [6.45, 7) is 6.88. The average molecular weight is 681 g/mol. The van der Waals surface area contributed by atoms with Crippen molar-refractivity contribution in [1.82, 2.24) is 20.9 Å². The summed E-state index contributed by atoms with van der Waals surface area (Å²) >= 11 is 0. The molecule has 0 aliphatic carbocycles. The van der Waals surface area contributed by atoms with E-state index in [-0.39, 0.29) is 31.6 Å². The van der Waals surface area contributed by atoms with Crippen LogP contribution in [0.4, 0.5) is 10.5 Å². The van der Waals surface area contributed by atoms with Gasteiger partial charge in [0.25, 0.3) is 21.9 Å². The minimum atomic E-state index is -4.98. The highest BCUT2D eigenvalue weighted by molar-refractivity contribution is 7.87. The van der Waals surface area contributed by atoms with Gasteiger partial charge >= 0.3 is 12.0 Å². The molecule has 47 heavy (non-hydrogen) atoms. The normalized spacial score (nSPS) is 14.9. The summed E-state index contributed by atoms with van der Waals surface area (Å²) in [6.07, 6.45) is 2.22. The maximum atomic E-state index is 13.4. The smallest absolute Gasteiger partial charge is 0.312 e. The number of ether oxygens (including phenoxy) is 1. The van der Waals surface area contributed by atoms with Crippen LogP contribution in [0.2, 0.25) is 0 Å². The molecule has 0 fully saturated rings. The highest BCUT2D eigenvalue weighted by atomic mass is 32.2. The zero-order chi connectivity index (χ0) is 35.3.